The Kier molecular flexibility index (Phi) is 5.47. The highest BCUT2D eigenvalue weighted by Crippen LogP contribution is 2.22. The largest absolute Gasteiger partial charge is 0.462 e. The van der Waals surface area contributed by atoms with Crippen molar-refractivity contribution in [3.8, 4) is 5.75 Å². The van der Waals surface area contributed by atoms with Gasteiger partial charge in [-0.25, -0.2) is 4.39 Å². The molecule has 1 aliphatic rings. The maximum absolute atomic E-state index is 12.7. The fraction of sp³-hybridized carbons (Fsp3) is 0.333. The maximum Gasteiger partial charge on any atom is 0.126 e. The Hall–Kier alpha value is -1.57. The summed E-state index contributed by atoms with van der Waals surface area (Å²) in [5, 5.41) is 0. The highest BCUT2D eigenvalue weighted by Gasteiger charge is 2.07. The van der Waals surface area contributed by atoms with Gasteiger partial charge in [0, 0.05) is 12.8 Å². The monoisotopic (exact) mass is 234 g/mol. The van der Waals surface area contributed by atoms with Crippen LogP contribution in [0.25, 0.3) is 0 Å². The Bertz CT molecular complexity index is 401. The quantitative estimate of drug-likeness (QED) is 0.705. The fourth-order valence-corrected chi connectivity index (χ4v) is 1.44. The van der Waals surface area contributed by atoms with Crippen molar-refractivity contribution in [1.82, 2.24) is 0 Å². The van der Waals surface area contributed by atoms with Crippen LogP contribution >= 0.6 is 0 Å². The minimum absolute atomic E-state index is 0.0775. The van der Waals surface area contributed by atoms with Crippen LogP contribution in [0.15, 0.2) is 48.0 Å². The van der Waals surface area contributed by atoms with Gasteiger partial charge in [-0.2, -0.15) is 0 Å². The first-order valence-electron chi connectivity index (χ1n) is 6.04. The Morgan fingerprint density at radius 3 is 2.18 bits per heavy atom. The molecule has 92 valence electrons. The van der Waals surface area contributed by atoms with Crippen LogP contribution in [0.4, 0.5) is 4.39 Å². The van der Waals surface area contributed by atoms with Crippen molar-refractivity contribution in [2.24, 2.45) is 0 Å². The topological polar surface area (TPSA) is 9.23 Å². The Morgan fingerprint density at radius 2 is 1.65 bits per heavy atom. The predicted octanol–water partition coefficient (Wildman–Crippen LogP) is 4.93. The molecule has 0 amide bonds. The lowest BCUT2D eigenvalue weighted by Gasteiger charge is -2.12. The zero-order chi connectivity index (χ0) is 12.7. The molecule has 0 saturated heterocycles. The van der Waals surface area contributed by atoms with E-state index in [1.54, 1.807) is 6.08 Å². The van der Waals surface area contributed by atoms with Crippen molar-refractivity contribution in [3.63, 3.8) is 0 Å². The van der Waals surface area contributed by atoms with Crippen molar-refractivity contribution < 1.29 is 9.13 Å². The summed E-state index contributed by atoms with van der Waals surface area (Å²) < 4.78 is 18.3. The van der Waals surface area contributed by atoms with Crippen molar-refractivity contribution in [1.29, 1.82) is 0 Å². The Labute approximate surface area is 103 Å². The summed E-state index contributed by atoms with van der Waals surface area (Å²) in [5.41, 5.74) is 1.20. The Morgan fingerprint density at radius 1 is 1.00 bits per heavy atom. The molecule has 1 aromatic carbocycles. The second-order valence-electron chi connectivity index (χ2n) is 3.66. The molecular formula is C15H19FO. The molecule has 0 N–H and O–H groups in total. The summed E-state index contributed by atoms with van der Waals surface area (Å²) in [6, 6.07) is 7.83. The van der Waals surface area contributed by atoms with Gasteiger partial charge in [-0.15, -0.1) is 0 Å². The van der Waals surface area contributed by atoms with Crippen molar-refractivity contribution in [2.75, 3.05) is 0 Å². The van der Waals surface area contributed by atoms with E-state index in [4.69, 9.17) is 4.74 Å². The first-order valence-corrected chi connectivity index (χ1v) is 6.04. The van der Waals surface area contributed by atoms with Gasteiger partial charge < -0.3 is 4.74 Å². The van der Waals surface area contributed by atoms with Crippen LogP contribution in [0.3, 0.4) is 0 Å². The standard InChI is InChI=1S/C13H13FO.C2H6/c1-10-2-6-12(7-3-10)15-13-8-4-11(14)5-9-13;1-2/h2-4,6-8H,5,9H2,1H3;1-2H3. The summed E-state index contributed by atoms with van der Waals surface area (Å²) in [7, 11) is 0. The second-order valence-corrected chi connectivity index (χ2v) is 3.66. The summed E-state index contributed by atoms with van der Waals surface area (Å²) in [6.45, 7) is 6.03. The lowest BCUT2D eigenvalue weighted by molar-refractivity contribution is 0.392. The normalized spacial score (nSPS) is 14.1. The van der Waals surface area contributed by atoms with E-state index in [2.05, 4.69) is 0 Å². The molecule has 0 atom stereocenters. The van der Waals surface area contributed by atoms with Crippen molar-refractivity contribution >= 4 is 0 Å². The molecule has 0 saturated carbocycles. The number of ether oxygens (including phenoxy) is 1. The van der Waals surface area contributed by atoms with E-state index in [0.29, 0.717) is 12.8 Å². The van der Waals surface area contributed by atoms with E-state index >= 15 is 0 Å². The van der Waals surface area contributed by atoms with Gasteiger partial charge in [0.05, 0.1) is 0 Å². The molecule has 0 spiro atoms. The van der Waals surface area contributed by atoms with E-state index in [0.717, 1.165) is 11.5 Å². The molecule has 2 rings (SSSR count). The average molecular weight is 234 g/mol. The third kappa shape index (κ3) is 4.43. The van der Waals surface area contributed by atoms with Gasteiger partial charge in [-0.3, -0.25) is 0 Å². The predicted molar refractivity (Wildman–Crippen MR) is 69.7 cm³/mol. The molecule has 17 heavy (non-hydrogen) atoms. The van der Waals surface area contributed by atoms with E-state index in [1.165, 1.54) is 11.6 Å². The van der Waals surface area contributed by atoms with Gasteiger partial charge in [0.15, 0.2) is 0 Å². The summed E-state index contributed by atoms with van der Waals surface area (Å²) in [6.07, 6.45) is 4.24. The molecule has 0 heterocycles. The molecule has 0 aliphatic heterocycles. The number of rotatable bonds is 2. The zero-order valence-electron chi connectivity index (χ0n) is 10.7. The van der Waals surface area contributed by atoms with E-state index in [9.17, 15) is 4.39 Å². The van der Waals surface area contributed by atoms with Gasteiger partial charge in [-0.1, -0.05) is 31.5 Å². The van der Waals surface area contributed by atoms with E-state index < -0.39 is 0 Å². The van der Waals surface area contributed by atoms with Gasteiger partial charge >= 0.3 is 0 Å². The smallest absolute Gasteiger partial charge is 0.126 e. The molecule has 0 bridgehead atoms. The summed E-state index contributed by atoms with van der Waals surface area (Å²) in [4.78, 5) is 0. The number of halogens is 1. The van der Waals surface area contributed by atoms with Crippen LogP contribution in [-0.2, 0) is 0 Å². The molecule has 1 aromatic rings. The van der Waals surface area contributed by atoms with Crippen LogP contribution in [0, 0.1) is 6.92 Å². The number of hydrogen-bond donors (Lipinski definition) is 0. The van der Waals surface area contributed by atoms with Crippen LogP contribution in [0.2, 0.25) is 0 Å². The first-order chi connectivity index (χ1) is 8.24. The van der Waals surface area contributed by atoms with Crippen LogP contribution < -0.4 is 4.74 Å². The third-order valence-corrected chi connectivity index (χ3v) is 2.33. The molecule has 1 nitrogen and oxygen atoms in total. The average Bonchev–Trinajstić information content (AvgIpc) is 2.37. The van der Waals surface area contributed by atoms with Gasteiger partial charge in [0.25, 0.3) is 0 Å². The number of aryl methyl sites for hydroxylation is 1. The molecule has 1 aliphatic carbocycles. The number of hydrogen-bond acceptors (Lipinski definition) is 1. The highest BCUT2D eigenvalue weighted by atomic mass is 19.1. The van der Waals surface area contributed by atoms with Crippen LogP contribution in [-0.4, -0.2) is 0 Å². The van der Waals surface area contributed by atoms with Crippen LogP contribution in [0.5, 0.6) is 5.75 Å². The van der Waals surface area contributed by atoms with E-state index in [1.807, 2.05) is 45.0 Å². The lowest BCUT2D eigenvalue weighted by Crippen LogP contribution is -1.98. The van der Waals surface area contributed by atoms with E-state index in [-0.39, 0.29) is 5.83 Å². The molecular weight excluding hydrogens is 215 g/mol. The number of benzene rings is 1. The van der Waals surface area contributed by atoms with Crippen LogP contribution in [0.1, 0.15) is 32.3 Å². The highest BCUT2D eigenvalue weighted by molar-refractivity contribution is 5.29. The lowest BCUT2D eigenvalue weighted by atomic mass is 10.1. The second kappa shape index (κ2) is 6.89. The summed E-state index contributed by atoms with van der Waals surface area (Å²) in [5.74, 6) is 1.55. The third-order valence-electron chi connectivity index (χ3n) is 2.33. The van der Waals surface area contributed by atoms with Gasteiger partial charge in [0.1, 0.15) is 17.3 Å². The molecule has 2 heteroatoms. The van der Waals surface area contributed by atoms with Gasteiger partial charge in [-0.05, 0) is 31.2 Å². The van der Waals surface area contributed by atoms with Crippen molar-refractivity contribution in [3.05, 3.63) is 53.6 Å². The minimum Gasteiger partial charge on any atom is -0.462 e. The molecule has 0 radical (unpaired) electrons. The minimum atomic E-state index is -0.0775. The SMILES string of the molecule is CC.Cc1ccc(OC2=CC=C(F)CC2)cc1. The first kappa shape index (κ1) is 13.5. The fourth-order valence-electron chi connectivity index (χ4n) is 1.44. The van der Waals surface area contributed by atoms with Gasteiger partial charge in [0.2, 0.25) is 0 Å². The molecule has 0 aromatic heterocycles. The maximum atomic E-state index is 12.7. The zero-order valence-corrected chi connectivity index (χ0v) is 10.7. The Balaban J connectivity index is 0.000000686. The molecule has 0 fully saturated rings. The van der Waals surface area contributed by atoms with Crippen molar-refractivity contribution in [2.45, 2.75) is 33.6 Å². The summed E-state index contributed by atoms with van der Waals surface area (Å²) >= 11 is 0. The number of allylic oxidation sites excluding steroid dienone is 4. The molecule has 0 unspecified atom stereocenters.